The highest BCUT2D eigenvalue weighted by molar-refractivity contribution is 6.03. The first-order valence-electron chi connectivity index (χ1n) is 11.7. The molecule has 0 unspecified atom stereocenters. The number of nitrogens with one attached hydrogen (secondary N) is 2. The number of benzene rings is 4. The Morgan fingerprint density at radius 1 is 0.838 bits per heavy atom. The van der Waals surface area contributed by atoms with E-state index in [-0.39, 0.29) is 11.9 Å². The Labute approximate surface area is 216 Å². The summed E-state index contributed by atoms with van der Waals surface area (Å²) in [5.41, 5.74) is 10.2. The molecule has 7 heteroatoms. The van der Waals surface area contributed by atoms with Crippen LogP contribution in [0.1, 0.15) is 11.1 Å². The van der Waals surface area contributed by atoms with Crippen molar-refractivity contribution < 1.29 is 14.3 Å². The second-order valence-corrected chi connectivity index (χ2v) is 8.23. The van der Waals surface area contributed by atoms with Gasteiger partial charge in [-0.15, -0.1) is 0 Å². The van der Waals surface area contributed by atoms with Crippen LogP contribution in [-0.4, -0.2) is 19.0 Å². The largest absolute Gasteiger partial charge is 0.497 e. The van der Waals surface area contributed by atoms with Gasteiger partial charge in [0.15, 0.2) is 0 Å². The third-order valence-corrected chi connectivity index (χ3v) is 5.62. The summed E-state index contributed by atoms with van der Waals surface area (Å²) < 4.78 is 5.19. The Morgan fingerprint density at radius 2 is 1.51 bits per heavy atom. The third kappa shape index (κ3) is 6.99. The monoisotopic (exact) mass is 492 g/mol. The van der Waals surface area contributed by atoms with Gasteiger partial charge in [-0.25, -0.2) is 4.79 Å². The van der Waals surface area contributed by atoms with Crippen LogP contribution in [0.25, 0.3) is 6.08 Å². The molecule has 0 spiro atoms. The van der Waals surface area contributed by atoms with E-state index in [1.165, 1.54) is 6.08 Å². The molecule has 0 aliphatic carbocycles. The van der Waals surface area contributed by atoms with E-state index in [1.54, 1.807) is 54.5 Å². The quantitative estimate of drug-likeness (QED) is 0.202. The first-order valence-corrected chi connectivity index (χ1v) is 11.7. The SMILES string of the molecule is COc1ccc(NC(=O)N(Cc2ccc(C=CC(=O)Nc3ccccc3N)cc2)c2ccccc2)cc1. The lowest BCUT2D eigenvalue weighted by Gasteiger charge is -2.23. The number of amides is 3. The molecule has 0 aromatic heterocycles. The van der Waals surface area contributed by atoms with Crippen molar-refractivity contribution in [3.8, 4) is 5.75 Å². The number of urea groups is 1. The van der Waals surface area contributed by atoms with E-state index in [4.69, 9.17) is 10.5 Å². The predicted molar refractivity (Wildman–Crippen MR) is 150 cm³/mol. The molecule has 0 radical (unpaired) electrons. The third-order valence-electron chi connectivity index (χ3n) is 5.62. The number of rotatable bonds is 8. The fourth-order valence-electron chi connectivity index (χ4n) is 3.63. The number of nitrogens with zero attached hydrogens (tertiary/aromatic N) is 1. The van der Waals surface area contributed by atoms with Crippen molar-refractivity contribution in [3.63, 3.8) is 0 Å². The summed E-state index contributed by atoms with van der Waals surface area (Å²) in [7, 11) is 1.60. The lowest BCUT2D eigenvalue weighted by molar-refractivity contribution is -0.111. The van der Waals surface area contributed by atoms with E-state index < -0.39 is 0 Å². The van der Waals surface area contributed by atoms with E-state index in [9.17, 15) is 9.59 Å². The van der Waals surface area contributed by atoms with Crippen LogP contribution in [0.4, 0.5) is 27.5 Å². The first-order chi connectivity index (χ1) is 18.0. The zero-order valence-corrected chi connectivity index (χ0v) is 20.4. The minimum Gasteiger partial charge on any atom is -0.497 e. The fourth-order valence-corrected chi connectivity index (χ4v) is 3.63. The highest BCUT2D eigenvalue weighted by atomic mass is 16.5. The van der Waals surface area contributed by atoms with E-state index in [1.807, 2.05) is 66.7 Å². The van der Waals surface area contributed by atoms with E-state index in [0.717, 1.165) is 16.8 Å². The van der Waals surface area contributed by atoms with Crippen molar-refractivity contribution >= 4 is 40.8 Å². The van der Waals surface area contributed by atoms with Gasteiger partial charge in [-0.1, -0.05) is 54.6 Å². The van der Waals surface area contributed by atoms with Crippen LogP contribution < -0.4 is 26.0 Å². The van der Waals surface area contributed by atoms with Gasteiger partial charge >= 0.3 is 6.03 Å². The molecule has 4 aromatic rings. The Morgan fingerprint density at radius 3 is 2.19 bits per heavy atom. The minimum atomic E-state index is -0.271. The van der Waals surface area contributed by atoms with Crippen molar-refractivity contribution in [2.45, 2.75) is 6.54 Å². The summed E-state index contributed by atoms with van der Waals surface area (Å²) in [6.07, 6.45) is 3.18. The van der Waals surface area contributed by atoms with Gasteiger partial charge in [0.1, 0.15) is 5.75 Å². The van der Waals surface area contributed by atoms with E-state index in [2.05, 4.69) is 10.6 Å². The Kier molecular flexibility index (Phi) is 8.18. The molecule has 0 saturated heterocycles. The summed E-state index contributed by atoms with van der Waals surface area (Å²) in [5.74, 6) is 0.446. The molecular weight excluding hydrogens is 464 g/mol. The number of nitrogens with two attached hydrogens (primary N) is 1. The highest BCUT2D eigenvalue weighted by Gasteiger charge is 2.16. The van der Waals surface area contributed by atoms with Crippen molar-refractivity contribution in [1.82, 2.24) is 0 Å². The van der Waals surface area contributed by atoms with Crippen LogP contribution in [0.3, 0.4) is 0 Å². The molecule has 0 saturated carbocycles. The summed E-state index contributed by atoms with van der Waals surface area (Å²) in [4.78, 5) is 27.1. The average molecular weight is 493 g/mol. The molecule has 186 valence electrons. The van der Waals surface area contributed by atoms with Crippen LogP contribution in [0.15, 0.2) is 109 Å². The van der Waals surface area contributed by atoms with Gasteiger partial charge in [0.2, 0.25) is 5.91 Å². The fraction of sp³-hybridized carbons (Fsp3) is 0.0667. The molecule has 0 fully saturated rings. The van der Waals surface area contributed by atoms with Crippen LogP contribution in [0, 0.1) is 0 Å². The van der Waals surface area contributed by atoms with Gasteiger partial charge in [-0.3, -0.25) is 9.69 Å². The predicted octanol–water partition coefficient (Wildman–Crippen LogP) is 6.17. The topological polar surface area (TPSA) is 96.7 Å². The molecule has 3 amide bonds. The molecule has 7 nitrogen and oxygen atoms in total. The standard InChI is InChI=1S/C30H28N4O3/c1-37-26-18-16-24(17-19-26)32-30(36)34(25-7-3-2-4-8-25)21-23-13-11-22(12-14-23)15-20-29(35)33-28-10-6-5-9-27(28)31/h2-20H,21,31H2,1H3,(H,32,36)(H,33,35). The molecule has 0 bridgehead atoms. The number of anilines is 4. The molecule has 4 N–H and O–H groups in total. The summed E-state index contributed by atoms with van der Waals surface area (Å²) >= 11 is 0. The van der Waals surface area contributed by atoms with Gasteiger partial charge < -0.3 is 21.1 Å². The number of hydrogen-bond acceptors (Lipinski definition) is 4. The smallest absolute Gasteiger partial charge is 0.326 e. The van der Waals surface area contributed by atoms with E-state index in [0.29, 0.717) is 29.4 Å². The average Bonchev–Trinajstić information content (AvgIpc) is 2.93. The second-order valence-electron chi connectivity index (χ2n) is 8.23. The van der Waals surface area contributed by atoms with Crippen molar-refractivity contribution in [2.24, 2.45) is 0 Å². The zero-order valence-electron chi connectivity index (χ0n) is 20.4. The van der Waals surface area contributed by atoms with Gasteiger partial charge in [0.05, 0.1) is 25.0 Å². The molecule has 4 aromatic carbocycles. The highest BCUT2D eigenvalue weighted by Crippen LogP contribution is 2.21. The van der Waals surface area contributed by atoms with Gasteiger partial charge in [-0.2, -0.15) is 0 Å². The normalized spacial score (nSPS) is 10.6. The maximum Gasteiger partial charge on any atom is 0.326 e. The van der Waals surface area contributed by atoms with Crippen LogP contribution in [0.2, 0.25) is 0 Å². The van der Waals surface area contributed by atoms with Crippen LogP contribution in [0.5, 0.6) is 5.75 Å². The van der Waals surface area contributed by atoms with Crippen molar-refractivity contribution in [1.29, 1.82) is 0 Å². The van der Waals surface area contributed by atoms with Gasteiger partial charge in [-0.05, 0) is 65.7 Å². The zero-order chi connectivity index (χ0) is 26.0. The second kappa shape index (κ2) is 12.1. The minimum absolute atomic E-state index is 0.253. The Hall–Kier alpha value is -5.04. The Bertz CT molecular complexity index is 1370. The van der Waals surface area contributed by atoms with Crippen LogP contribution in [-0.2, 0) is 11.3 Å². The van der Waals surface area contributed by atoms with Crippen molar-refractivity contribution in [2.75, 3.05) is 28.4 Å². The lowest BCUT2D eigenvalue weighted by Crippen LogP contribution is -2.34. The molecular formula is C30H28N4O3. The number of carbonyl (C=O) groups is 2. The summed E-state index contributed by atoms with van der Waals surface area (Å²) in [5, 5.41) is 5.71. The number of methoxy groups -OCH3 is 1. The molecule has 4 rings (SSSR count). The van der Waals surface area contributed by atoms with Crippen LogP contribution >= 0.6 is 0 Å². The number of hydrogen-bond donors (Lipinski definition) is 3. The number of nitrogen functional groups attached to an aromatic ring is 1. The molecule has 0 atom stereocenters. The summed E-state index contributed by atoms with van der Waals surface area (Å²) in [6.45, 7) is 0.365. The summed E-state index contributed by atoms with van der Waals surface area (Å²) in [6, 6.07) is 31.2. The molecule has 37 heavy (non-hydrogen) atoms. The number of ether oxygens (including phenoxy) is 1. The Balaban J connectivity index is 1.43. The first kappa shape index (κ1) is 25.1. The number of para-hydroxylation sites is 3. The van der Waals surface area contributed by atoms with Crippen molar-refractivity contribution in [3.05, 3.63) is 120 Å². The van der Waals surface area contributed by atoms with Gasteiger partial charge in [0, 0.05) is 17.5 Å². The van der Waals surface area contributed by atoms with E-state index >= 15 is 0 Å². The molecule has 0 heterocycles. The van der Waals surface area contributed by atoms with Gasteiger partial charge in [0.25, 0.3) is 0 Å². The lowest BCUT2D eigenvalue weighted by atomic mass is 10.1. The molecule has 0 aliphatic rings. The maximum absolute atomic E-state index is 13.2. The number of carbonyl (C=O) groups excluding carboxylic acids is 2. The maximum atomic E-state index is 13.2. The molecule has 0 aliphatic heterocycles.